The van der Waals surface area contributed by atoms with Gasteiger partial charge in [-0.2, -0.15) is 0 Å². The predicted octanol–water partition coefficient (Wildman–Crippen LogP) is 9.46. The number of esters is 1. The van der Waals surface area contributed by atoms with Gasteiger partial charge >= 0.3 is 5.97 Å². The first kappa shape index (κ1) is 29.7. The van der Waals surface area contributed by atoms with Crippen molar-refractivity contribution in [3.8, 4) is 0 Å². The van der Waals surface area contributed by atoms with E-state index in [0.717, 1.165) is 12.2 Å². The average molecular weight is 476 g/mol. The molecule has 0 spiro atoms. The zero-order valence-corrected chi connectivity index (χ0v) is 23.4. The highest BCUT2D eigenvalue weighted by molar-refractivity contribution is 6.79. The average Bonchev–Trinajstić information content (AvgIpc) is 2.85. The molecular weight excluding hydrogens is 422 g/mol. The van der Waals surface area contributed by atoms with Crippen molar-refractivity contribution in [2.45, 2.75) is 129 Å². The molecule has 0 atom stereocenters. The van der Waals surface area contributed by atoms with E-state index in [-0.39, 0.29) is 5.97 Å². The fraction of sp³-hybridized carbons (Fsp3) is 0.759. The molecular formula is C29H53NO2Si. The minimum absolute atomic E-state index is 0.247. The summed E-state index contributed by atoms with van der Waals surface area (Å²) in [5, 5.41) is 3.45. The first-order chi connectivity index (χ1) is 16.1. The van der Waals surface area contributed by atoms with E-state index in [4.69, 9.17) is 4.74 Å². The molecule has 0 aliphatic heterocycles. The maximum Gasteiger partial charge on any atom is 0.338 e. The van der Waals surface area contributed by atoms with E-state index in [1.807, 2.05) is 31.2 Å². The maximum absolute atomic E-state index is 11.7. The molecule has 1 aromatic carbocycles. The lowest BCUT2D eigenvalue weighted by molar-refractivity contribution is 0.0526. The summed E-state index contributed by atoms with van der Waals surface area (Å²) < 4.78 is 5.02. The number of nitrogens with one attached hydrogen (secondary N) is 1. The van der Waals surface area contributed by atoms with Crippen LogP contribution in [-0.2, 0) is 4.74 Å². The summed E-state index contributed by atoms with van der Waals surface area (Å²) in [6, 6.07) is 13.6. The molecule has 0 heterocycles. The lowest BCUT2D eigenvalue weighted by Gasteiger charge is -2.28. The van der Waals surface area contributed by atoms with Crippen LogP contribution in [0.1, 0.15) is 115 Å². The van der Waals surface area contributed by atoms with E-state index in [0.29, 0.717) is 12.2 Å². The van der Waals surface area contributed by atoms with Crippen LogP contribution in [0.4, 0.5) is 5.69 Å². The first-order valence-electron chi connectivity index (χ1n) is 14.1. The molecule has 0 saturated carbocycles. The van der Waals surface area contributed by atoms with Crippen LogP contribution in [0.2, 0.25) is 24.2 Å². The highest BCUT2D eigenvalue weighted by atomic mass is 28.3. The van der Waals surface area contributed by atoms with Gasteiger partial charge in [-0.1, -0.05) is 116 Å². The Balaban J connectivity index is 1.89. The second-order valence-corrected chi connectivity index (χ2v) is 15.4. The van der Waals surface area contributed by atoms with Gasteiger partial charge in [0.15, 0.2) is 0 Å². The van der Waals surface area contributed by atoms with Crippen molar-refractivity contribution in [2.24, 2.45) is 0 Å². The highest BCUT2D eigenvalue weighted by Gasteiger charge is 2.25. The molecule has 0 fully saturated rings. The number of ether oxygens (including phenoxy) is 1. The minimum Gasteiger partial charge on any atom is -0.462 e. The third-order valence-electron chi connectivity index (χ3n) is 7.61. The van der Waals surface area contributed by atoms with Crippen LogP contribution < -0.4 is 5.32 Å². The highest BCUT2D eigenvalue weighted by Crippen LogP contribution is 2.27. The van der Waals surface area contributed by atoms with E-state index in [1.54, 1.807) is 6.04 Å². The monoisotopic (exact) mass is 475 g/mol. The van der Waals surface area contributed by atoms with Crippen LogP contribution in [0.5, 0.6) is 0 Å². The van der Waals surface area contributed by atoms with Crippen molar-refractivity contribution in [3.05, 3.63) is 29.8 Å². The van der Waals surface area contributed by atoms with Crippen LogP contribution >= 0.6 is 0 Å². The van der Waals surface area contributed by atoms with Gasteiger partial charge in [0.1, 0.15) is 0 Å². The van der Waals surface area contributed by atoms with Crippen molar-refractivity contribution in [2.75, 3.05) is 18.5 Å². The molecule has 0 aliphatic carbocycles. The van der Waals surface area contributed by atoms with Gasteiger partial charge in [0.05, 0.1) is 20.2 Å². The summed E-state index contributed by atoms with van der Waals surface area (Å²) in [5.41, 5.74) is 1.69. The molecule has 0 radical (unpaired) electrons. The molecule has 0 saturated heterocycles. The van der Waals surface area contributed by atoms with Crippen molar-refractivity contribution in [1.82, 2.24) is 0 Å². The number of unbranched alkanes of at least 4 members (excludes halogenated alkanes) is 11. The quantitative estimate of drug-likeness (QED) is 0.109. The fourth-order valence-corrected chi connectivity index (χ4v) is 8.41. The number of anilines is 1. The van der Waals surface area contributed by atoms with Gasteiger partial charge in [-0.05, 0) is 37.6 Å². The van der Waals surface area contributed by atoms with Crippen LogP contribution in [0.15, 0.2) is 24.3 Å². The third-order valence-corrected chi connectivity index (χ3v) is 13.5. The molecule has 1 aromatic rings. The Kier molecular flexibility index (Phi) is 17.2. The molecule has 0 amide bonds. The van der Waals surface area contributed by atoms with E-state index < -0.39 is 8.07 Å². The Labute approximate surface area is 206 Å². The summed E-state index contributed by atoms with van der Waals surface area (Å²) in [5.74, 6) is -0.247. The molecule has 33 heavy (non-hydrogen) atoms. The normalized spacial score (nSPS) is 11.5. The minimum atomic E-state index is -0.865. The van der Waals surface area contributed by atoms with Crippen molar-refractivity contribution in [3.63, 3.8) is 0 Å². The first-order valence-corrected chi connectivity index (χ1v) is 16.9. The van der Waals surface area contributed by atoms with Crippen LogP contribution in [0, 0.1) is 0 Å². The number of hydrogen-bond donors (Lipinski definition) is 1. The van der Waals surface area contributed by atoms with Gasteiger partial charge in [0.25, 0.3) is 0 Å². The van der Waals surface area contributed by atoms with Crippen LogP contribution in [0.3, 0.4) is 0 Å². The van der Waals surface area contributed by atoms with Gasteiger partial charge in [-0.25, -0.2) is 4.79 Å². The molecule has 0 aromatic heterocycles. The number of carbonyl (C=O) groups is 1. The third kappa shape index (κ3) is 13.2. The summed E-state index contributed by atoms with van der Waals surface area (Å²) in [4.78, 5) is 11.7. The number of benzene rings is 1. The Hall–Kier alpha value is -1.29. The number of hydrogen-bond acceptors (Lipinski definition) is 3. The summed E-state index contributed by atoms with van der Waals surface area (Å²) >= 11 is 0. The molecule has 0 unspecified atom stereocenters. The Morgan fingerprint density at radius 2 is 1.15 bits per heavy atom. The summed E-state index contributed by atoms with van der Waals surface area (Å²) in [7, 11) is -0.865. The lowest BCUT2D eigenvalue weighted by Crippen LogP contribution is -2.30. The molecule has 4 heteroatoms. The SMILES string of the molecule is CCOC(=O)c1ccc(NCCCCCCCCCCCCCC[Si](CC)(CC)CC)cc1. The molecule has 1 N–H and O–H groups in total. The summed E-state index contributed by atoms with van der Waals surface area (Å²) in [6.07, 6.45) is 16.8. The van der Waals surface area contributed by atoms with E-state index in [9.17, 15) is 4.79 Å². The van der Waals surface area contributed by atoms with Gasteiger partial charge in [-0.15, -0.1) is 0 Å². The molecule has 190 valence electrons. The van der Waals surface area contributed by atoms with Gasteiger partial charge in [0, 0.05) is 12.2 Å². The zero-order chi connectivity index (χ0) is 24.2. The molecule has 0 aliphatic rings. The Bertz CT molecular complexity index is 590. The lowest BCUT2D eigenvalue weighted by atomic mass is 10.1. The predicted molar refractivity (Wildman–Crippen MR) is 148 cm³/mol. The fourth-order valence-electron chi connectivity index (χ4n) is 4.84. The van der Waals surface area contributed by atoms with Gasteiger partial charge in [-0.3, -0.25) is 0 Å². The second-order valence-electron chi connectivity index (χ2n) is 9.78. The molecule has 0 bridgehead atoms. The van der Waals surface area contributed by atoms with Crippen molar-refractivity contribution >= 4 is 19.7 Å². The standard InChI is InChI=1S/C29H53NO2Si/c1-5-32-29(31)27-21-23-28(24-22-27)30-25-19-17-15-13-11-9-10-12-14-16-18-20-26-33(6-2,7-3)8-4/h21-24,30H,5-20,25-26H2,1-4H3. The van der Waals surface area contributed by atoms with Crippen LogP contribution in [0.25, 0.3) is 0 Å². The largest absolute Gasteiger partial charge is 0.462 e. The zero-order valence-electron chi connectivity index (χ0n) is 22.4. The molecule has 3 nitrogen and oxygen atoms in total. The molecule has 1 rings (SSSR count). The van der Waals surface area contributed by atoms with Crippen molar-refractivity contribution < 1.29 is 9.53 Å². The smallest absolute Gasteiger partial charge is 0.338 e. The van der Waals surface area contributed by atoms with E-state index in [2.05, 4.69) is 26.1 Å². The topological polar surface area (TPSA) is 38.3 Å². The van der Waals surface area contributed by atoms with E-state index >= 15 is 0 Å². The van der Waals surface area contributed by atoms with Crippen LogP contribution in [-0.4, -0.2) is 27.2 Å². The van der Waals surface area contributed by atoms with Gasteiger partial charge in [0.2, 0.25) is 0 Å². The maximum atomic E-state index is 11.7. The summed E-state index contributed by atoms with van der Waals surface area (Å²) in [6.45, 7) is 10.5. The second kappa shape index (κ2) is 19.1. The Morgan fingerprint density at radius 1 is 0.697 bits per heavy atom. The number of carbonyl (C=O) groups excluding carboxylic acids is 1. The number of rotatable bonds is 21. The van der Waals surface area contributed by atoms with E-state index in [1.165, 1.54) is 95.2 Å². The van der Waals surface area contributed by atoms with Crippen molar-refractivity contribution in [1.29, 1.82) is 0 Å². The van der Waals surface area contributed by atoms with Gasteiger partial charge < -0.3 is 10.1 Å². The Morgan fingerprint density at radius 3 is 1.61 bits per heavy atom.